The Kier molecular flexibility index (Phi) is 5.98. The average Bonchev–Trinajstić information content (AvgIpc) is 3.09. The molecule has 6 heteroatoms. The van der Waals surface area contributed by atoms with Gasteiger partial charge < -0.3 is 0 Å². The molecule has 4 rings (SSSR count). The molecule has 1 unspecified atom stereocenters. The molecule has 0 amide bonds. The van der Waals surface area contributed by atoms with Gasteiger partial charge in [-0.05, 0) is 0 Å². The summed E-state index contributed by atoms with van der Waals surface area (Å²) in [4.78, 5) is 12.1. The predicted octanol–water partition coefficient (Wildman–Crippen LogP) is 4.20. The Morgan fingerprint density at radius 3 is 2.59 bits per heavy atom. The van der Waals surface area contributed by atoms with Gasteiger partial charge in [-0.1, -0.05) is 0 Å². The number of carbonyl (C=O) groups is 1. The number of carboxylic acid groups (broad SMARTS) is 1. The number of aryl methyl sites for hydroxylation is 1. The Labute approximate surface area is 177 Å². The Bertz CT molecular complexity index is 1060. The molecule has 2 aliphatic carbocycles. The van der Waals surface area contributed by atoms with Crippen LogP contribution in [0.3, 0.4) is 0 Å². The second-order valence-corrected chi connectivity index (χ2v) is 15.9. The van der Waals surface area contributed by atoms with Gasteiger partial charge in [0.1, 0.15) is 0 Å². The summed E-state index contributed by atoms with van der Waals surface area (Å²) in [5, 5.41) is 9.62. The normalized spacial score (nSPS) is 17.4. The first-order valence-corrected chi connectivity index (χ1v) is 15.3. The van der Waals surface area contributed by atoms with Crippen molar-refractivity contribution in [1.29, 1.82) is 0 Å². The van der Waals surface area contributed by atoms with Crippen molar-refractivity contribution in [2.24, 2.45) is 0 Å². The maximum atomic E-state index is 13.1. The first-order valence-electron chi connectivity index (χ1n) is 10.1. The van der Waals surface area contributed by atoms with Crippen molar-refractivity contribution in [2.75, 3.05) is 0 Å². The summed E-state index contributed by atoms with van der Waals surface area (Å²) in [5.74, 6) is -0.997. The van der Waals surface area contributed by atoms with Gasteiger partial charge in [0.15, 0.2) is 0 Å². The van der Waals surface area contributed by atoms with Gasteiger partial charge in [-0.15, -0.1) is 0 Å². The van der Waals surface area contributed by atoms with Gasteiger partial charge in [0.05, 0.1) is 0 Å². The zero-order valence-electron chi connectivity index (χ0n) is 16.2. The van der Waals surface area contributed by atoms with E-state index in [1.165, 1.54) is 29.6 Å². The molecule has 0 spiro atoms. The second-order valence-electron chi connectivity index (χ2n) is 7.82. The summed E-state index contributed by atoms with van der Waals surface area (Å²) in [6.07, 6.45) is 6.41. The van der Waals surface area contributed by atoms with E-state index in [1.54, 1.807) is 6.07 Å². The fourth-order valence-electron chi connectivity index (χ4n) is 4.34. The van der Waals surface area contributed by atoms with Crippen LogP contribution in [0.15, 0.2) is 59.0 Å². The Balaban J connectivity index is 1.50. The number of hydrogen-bond donors (Lipinski definition) is 1. The van der Waals surface area contributed by atoms with E-state index in [1.807, 2.05) is 42.5 Å². The van der Waals surface area contributed by atoms with E-state index in [-0.39, 0.29) is 0 Å². The van der Waals surface area contributed by atoms with E-state index in [2.05, 4.69) is 0 Å². The molecule has 0 radical (unpaired) electrons. The van der Waals surface area contributed by atoms with Crippen molar-refractivity contribution >= 4 is 34.2 Å². The van der Waals surface area contributed by atoms with Crippen LogP contribution in [0.1, 0.15) is 48.8 Å². The maximum absolute atomic E-state index is 13.1. The van der Waals surface area contributed by atoms with Crippen LogP contribution >= 0.6 is 0 Å². The number of fused-ring (bicyclic) bond motifs is 2. The topological polar surface area (TPSA) is 71.4 Å². The third-order valence-electron chi connectivity index (χ3n) is 5.86. The van der Waals surface area contributed by atoms with E-state index >= 15 is 0 Å². The van der Waals surface area contributed by atoms with Crippen LogP contribution < -0.4 is 0 Å². The zero-order chi connectivity index (χ0) is 20.4. The van der Waals surface area contributed by atoms with Crippen molar-refractivity contribution in [2.45, 2.75) is 54.5 Å². The minimum absolute atomic E-state index is 0.307. The molecule has 4 nitrogen and oxygen atoms in total. The molecule has 2 aliphatic rings. The molecule has 2 aromatic carbocycles. The van der Waals surface area contributed by atoms with Gasteiger partial charge in [-0.3, -0.25) is 0 Å². The molecule has 0 aliphatic heterocycles. The monoisotopic (exact) mass is 472 g/mol. The van der Waals surface area contributed by atoms with Gasteiger partial charge in [0.25, 0.3) is 0 Å². The third kappa shape index (κ3) is 4.51. The van der Waals surface area contributed by atoms with Crippen LogP contribution in [0, 0.1) is 0 Å². The summed E-state index contributed by atoms with van der Waals surface area (Å²) >= 11 is -1.74. The fraction of sp³-hybridized carbons (Fsp3) is 0.348. The van der Waals surface area contributed by atoms with Gasteiger partial charge in [-0.25, -0.2) is 0 Å². The minimum atomic E-state index is -3.54. The molecule has 0 saturated heterocycles. The van der Waals surface area contributed by atoms with Crippen LogP contribution in [0.4, 0.5) is 0 Å². The Morgan fingerprint density at radius 2 is 1.83 bits per heavy atom. The zero-order valence-corrected chi connectivity index (χ0v) is 19.1. The molecule has 29 heavy (non-hydrogen) atoms. The van der Waals surface area contributed by atoms with Crippen molar-refractivity contribution in [3.63, 3.8) is 0 Å². The van der Waals surface area contributed by atoms with E-state index in [4.69, 9.17) is 0 Å². The number of allylic oxidation sites excluding steroid dienone is 2. The molecule has 0 heterocycles. The number of hydrogen-bond acceptors (Lipinski definition) is 3. The van der Waals surface area contributed by atoms with Gasteiger partial charge in [-0.2, -0.15) is 0 Å². The summed E-state index contributed by atoms with van der Waals surface area (Å²) < 4.78 is 25.3. The van der Waals surface area contributed by atoms with Gasteiger partial charge >= 0.3 is 178 Å². The summed E-state index contributed by atoms with van der Waals surface area (Å²) in [6, 6.07) is 15.1. The van der Waals surface area contributed by atoms with Crippen LogP contribution in [-0.4, -0.2) is 34.1 Å². The van der Waals surface area contributed by atoms with E-state index in [9.17, 15) is 18.3 Å². The van der Waals surface area contributed by atoms with Crippen LogP contribution in [0.2, 0.25) is 4.71 Å². The number of carboxylic acids is 1. The van der Waals surface area contributed by atoms with Crippen molar-refractivity contribution in [3.05, 3.63) is 70.8 Å². The molecule has 0 aromatic heterocycles. The fourth-order valence-corrected chi connectivity index (χ4v) is 11.3. The molecule has 152 valence electrons. The van der Waals surface area contributed by atoms with E-state index < -0.39 is 33.4 Å². The Hall–Kier alpha value is -1.84. The van der Waals surface area contributed by atoms with Crippen LogP contribution in [-0.2, 0) is 25.7 Å². The first-order chi connectivity index (χ1) is 13.9. The number of aliphatic carboxylic acids is 1. The van der Waals surface area contributed by atoms with E-state index in [0.29, 0.717) is 17.7 Å². The quantitative estimate of drug-likeness (QED) is 0.614. The Morgan fingerprint density at radius 1 is 1.07 bits per heavy atom. The van der Waals surface area contributed by atoms with Crippen molar-refractivity contribution in [1.82, 2.24) is 0 Å². The predicted molar refractivity (Wildman–Crippen MR) is 116 cm³/mol. The molecule has 0 saturated carbocycles. The molecular formula is C23H25AsO4S. The third-order valence-corrected chi connectivity index (χ3v) is 13.7. The molecule has 0 bridgehead atoms. The molecule has 0 fully saturated rings. The standard InChI is InChI=1S/C23H25AsO4S/c25-23(26)22(13-10-16-6-2-1-3-7-16)24-29(27,28)19-11-12-21-18(15-19)14-17-8-4-5-9-20(17)21/h1-3,6-7,11-12,15,22,24H,4-5,8-10,13-14H2,(H,25,26)/t22-/m0/s1. The summed E-state index contributed by atoms with van der Waals surface area (Å²) in [7, 11) is -3.54. The average molecular weight is 472 g/mol. The first kappa shape index (κ1) is 20.4. The molecule has 2 atom stereocenters. The second kappa shape index (κ2) is 8.49. The number of rotatable bonds is 7. The van der Waals surface area contributed by atoms with Gasteiger partial charge in [0, 0.05) is 0 Å². The molecule has 2 aromatic rings. The SMILES string of the molecule is O=C(O)[C@H](CCc1ccccc1)[AsH]S(=O)(=O)c1ccc2c(c1)CC1=C2CCCC1. The van der Waals surface area contributed by atoms with Crippen molar-refractivity contribution in [3.8, 4) is 0 Å². The van der Waals surface area contributed by atoms with E-state index in [0.717, 1.165) is 30.4 Å². The van der Waals surface area contributed by atoms with Crippen LogP contribution in [0.5, 0.6) is 0 Å². The summed E-state index contributed by atoms with van der Waals surface area (Å²) in [5.41, 5.74) is 6.22. The number of benzene rings is 2. The molecule has 1 N–H and O–H groups in total. The summed E-state index contributed by atoms with van der Waals surface area (Å²) in [6.45, 7) is 0. The van der Waals surface area contributed by atoms with Gasteiger partial charge in [0.2, 0.25) is 0 Å². The van der Waals surface area contributed by atoms with Crippen LogP contribution in [0.25, 0.3) is 5.57 Å². The van der Waals surface area contributed by atoms with Crippen molar-refractivity contribution < 1.29 is 18.3 Å². The molecular weight excluding hydrogens is 447 g/mol.